The Labute approximate surface area is 116 Å². The average molecular weight is 272 g/mol. The van der Waals surface area contributed by atoms with Gasteiger partial charge in [-0.25, -0.2) is 9.59 Å². The van der Waals surface area contributed by atoms with Crippen LogP contribution in [0.3, 0.4) is 0 Å². The van der Waals surface area contributed by atoms with E-state index in [4.69, 9.17) is 5.11 Å². The van der Waals surface area contributed by atoms with Gasteiger partial charge in [0.05, 0.1) is 0 Å². The van der Waals surface area contributed by atoms with Gasteiger partial charge in [0.1, 0.15) is 6.04 Å². The Morgan fingerprint density at radius 1 is 1.16 bits per heavy atom. The van der Waals surface area contributed by atoms with Gasteiger partial charge >= 0.3 is 12.0 Å². The van der Waals surface area contributed by atoms with E-state index in [0.717, 1.165) is 25.7 Å². The fourth-order valence-electron chi connectivity index (χ4n) is 1.92. The number of amides is 2. The molecular weight excluding hydrogens is 244 g/mol. The van der Waals surface area contributed by atoms with Gasteiger partial charge < -0.3 is 15.7 Å². The lowest BCUT2D eigenvalue weighted by Crippen LogP contribution is -2.48. The minimum Gasteiger partial charge on any atom is -0.480 e. The van der Waals surface area contributed by atoms with Crippen molar-refractivity contribution in [2.75, 3.05) is 0 Å². The highest BCUT2D eigenvalue weighted by molar-refractivity contribution is 5.82. The molecule has 0 rings (SSSR count). The molecule has 0 spiro atoms. The second-order valence-electron chi connectivity index (χ2n) is 5.30. The van der Waals surface area contributed by atoms with Crippen LogP contribution in [0.15, 0.2) is 0 Å². The van der Waals surface area contributed by atoms with Crippen molar-refractivity contribution in [1.82, 2.24) is 10.6 Å². The first-order valence-corrected chi connectivity index (χ1v) is 7.20. The zero-order valence-corrected chi connectivity index (χ0v) is 12.5. The molecule has 0 fully saturated rings. The minimum atomic E-state index is -0.974. The standard InChI is InChI=1S/C14H28N2O3/c1-5-7-8-12(13(17)18)16-14(19)15-11(4)9-10(3)6-2/h10-12H,5-9H2,1-4H3,(H,17,18)(H2,15,16,19). The third kappa shape index (κ3) is 8.46. The third-order valence-electron chi connectivity index (χ3n) is 3.28. The second-order valence-corrected chi connectivity index (χ2v) is 5.30. The van der Waals surface area contributed by atoms with E-state index in [1.807, 2.05) is 13.8 Å². The zero-order valence-electron chi connectivity index (χ0n) is 12.5. The van der Waals surface area contributed by atoms with Gasteiger partial charge in [-0.05, 0) is 25.7 Å². The maximum Gasteiger partial charge on any atom is 0.326 e. The van der Waals surface area contributed by atoms with E-state index >= 15 is 0 Å². The SMILES string of the molecule is CCCCC(NC(=O)NC(C)CC(C)CC)C(=O)O. The van der Waals surface area contributed by atoms with Crippen LogP contribution < -0.4 is 10.6 Å². The first kappa shape index (κ1) is 17.7. The van der Waals surface area contributed by atoms with Crippen LogP contribution in [0.5, 0.6) is 0 Å². The largest absolute Gasteiger partial charge is 0.480 e. The van der Waals surface area contributed by atoms with Gasteiger partial charge in [-0.2, -0.15) is 0 Å². The van der Waals surface area contributed by atoms with Crippen LogP contribution in [-0.2, 0) is 4.79 Å². The fraction of sp³-hybridized carbons (Fsp3) is 0.857. The molecule has 2 amide bonds. The number of carbonyl (C=O) groups excluding carboxylic acids is 1. The number of rotatable bonds is 9. The van der Waals surface area contributed by atoms with Gasteiger partial charge in [-0.1, -0.05) is 40.0 Å². The maximum atomic E-state index is 11.7. The van der Waals surface area contributed by atoms with Crippen molar-refractivity contribution in [2.24, 2.45) is 5.92 Å². The number of nitrogens with one attached hydrogen (secondary N) is 2. The lowest BCUT2D eigenvalue weighted by molar-refractivity contribution is -0.139. The minimum absolute atomic E-state index is 0.0515. The third-order valence-corrected chi connectivity index (χ3v) is 3.28. The van der Waals surface area contributed by atoms with Crippen molar-refractivity contribution in [3.8, 4) is 0 Å². The first-order chi connectivity index (χ1) is 8.90. The van der Waals surface area contributed by atoms with E-state index in [2.05, 4.69) is 24.5 Å². The maximum absolute atomic E-state index is 11.7. The zero-order chi connectivity index (χ0) is 14.8. The number of hydrogen-bond acceptors (Lipinski definition) is 2. The van der Waals surface area contributed by atoms with Crippen LogP contribution >= 0.6 is 0 Å². The lowest BCUT2D eigenvalue weighted by Gasteiger charge is -2.20. The van der Waals surface area contributed by atoms with Crippen molar-refractivity contribution < 1.29 is 14.7 Å². The summed E-state index contributed by atoms with van der Waals surface area (Å²) in [6, 6.07) is -1.13. The Balaban J connectivity index is 4.14. The number of urea groups is 1. The predicted molar refractivity (Wildman–Crippen MR) is 76.2 cm³/mol. The lowest BCUT2D eigenvalue weighted by atomic mass is 10.0. The number of carboxylic acids is 1. The second kappa shape index (κ2) is 9.64. The molecule has 0 aliphatic heterocycles. The van der Waals surface area contributed by atoms with Crippen LogP contribution in [0.4, 0.5) is 4.79 Å². The van der Waals surface area contributed by atoms with E-state index in [9.17, 15) is 9.59 Å². The highest BCUT2D eigenvalue weighted by Crippen LogP contribution is 2.09. The number of carboxylic acid groups (broad SMARTS) is 1. The van der Waals surface area contributed by atoms with Gasteiger partial charge in [-0.3, -0.25) is 0 Å². The van der Waals surface area contributed by atoms with E-state index in [-0.39, 0.29) is 12.1 Å². The van der Waals surface area contributed by atoms with Gasteiger partial charge in [0, 0.05) is 6.04 Å². The van der Waals surface area contributed by atoms with Crippen LogP contribution in [0.1, 0.15) is 59.8 Å². The summed E-state index contributed by atoms with van der Waals surface area (Å²) in [5.41, 5.74) is 0. The van der Waals surface area contributed by atoms with Crippen LogP contribution in [0.2, 0.25) is 0 Å². The summed E-state index contributed by atoms with van der Waals surface area (Å²) < 4.78 is 0. The van der Waals surface area contributed by atoms with E-state index in [1.54, 1.807) is 0 Å². The van der Waals surface area contributed by atoms with E-state index in [1.165, 1.54) is 0 Å². The molecule has 0 heterocycles. The Kier molecular flexibility index (Phi) is 9.00. The topological polar surface area (TPSA) is 78.4 Å². The average Bonchev–Trinajstić information content (AvgIpc) is 2.33. The molecule has 0 saturated heterocycles. The molecular formula is C14H28N2O3. The van der Waals surface area contributed by atoms with Crippen molar-refractivity contribution >= 4 is 12.0 Å². The molecule has 0 aliphatic rings. The van der Waals surface area contributed by atoms with Crippen molar-refractivity contribution in [1.29, 1.82) is 0 Å². The smallest absolute Gasteiger partial charge is 0.326 e. The normalized spacial score (nSPS) is 15.4. The molecule has 0 aromatic rings. The van der Waals surface area contributed by atoms with Crippen molar-refractivity contribution in [3.05, 3.63) is 0 Å². The summed E-state index contributed by atoms with van der Waals surface area (Å²) in [5, 5.41) is 14.3. The van der Waals surface area contributed by atoms with Crippen LogP contribution in [-0.4, -0.2) is 29.2 Å². The quantitative estimate of drug-likeness (QED) is 0.604. The molecule has 3 N–H and O–H groups in total. The molecule has 0 aromatic heterocycles. The predicted octanol–water partition coefficient (Wildman–Crippen LogP) is 2.75. The molecule has 5 nitrogen and oxygen atoms in total. The molecule has 0 bridgehead atoms. The van der Waals surface area contributed by atoms with Crippen LogP contribution in [0, 0.1) is 5.92 Å². The van der Waals surface area contributed by atoms with Crippen LogP contribution in [0.25, 0.3) is 0 Å². The van der Waals surface area contributed by atoms with E-state index < -0.39 is 12.0 Å². The van der Waals surface area contributed by atoms with Gasteiger partial charge in [0.25, 0.3) is 0 Å². The van der Waals surface area contributed by atoms with Crippen molar-refractivity contribution in [3.63, 3.8) is 0 Å². The monoisotopic (exact) mass is 272 g/mol. The molecule has 5 heteroatoms. The summed E-state index contributed by atoms with van der Waals surface area (Å²) in [5.74, 6) is -0.427. The molecule has 3 unspecified atom stereocenters. The molecule has 0 saturated carbocycles. The number of carbonyl (C=O) groups is 2. The Morgan fingerprint density at radius 2 is 1.79 bits per heavy atom. The number of unbranched alkanes of at least 4 members (excludes halogenated alkanes) is 1. The molecule has 112 valence electrons. The Bertz CT molecular complexity index is 282. The first-order valence-electron chi connectivity index (χ1n) is 7.20. The summed E-state index contributed by atoms with van der Waals surface area (Å²) in [7, 11) is 0. The Hall–Kier alpha value is -1.26. The number of aliphatic carboxylic acids is 1. The molecule has 0 radical (unpaired) electrons. The van der Waals surface area contributed by atoms with Crippen molar-refractivity contribution in [2.45, 2.75) is 71.9 Å². The summed E-state index contributed by atoms with van der Waals surface area (Å²) in [6.45, 7) is 8.18. The molecule has 3 atom stereocenters. The summed E-state index contributed by atoms with van der Waals surface area (Å²) in [4.78, 5) is 22.7. The summed E-state index contributed by atoms with van der Waals surface area (Å²) in [6.07, 6.45) is 4.15. The summed E-state index contributed by atoms with van der Waals surface area (Å²) >= 11 is 0. The molecule has 0 aliphatic carbocycles. The molecule has 19 heavy (non-hydrogen) atoms. The highest BCUT2D eigenvalue weighted by atomic mass is 16.4. The fourth-order valence-corrected chi connectivity index (χ4v) is 1.92. The van der Waals surface area contributed by atoms with Gasteiger partial charge in [0.2, 0.25) is 0 Å². The molecule has 0 aromatic carbocycles. The van der Waals surface area contributed by atoms with Gasteiger partial charge in [-0.15, -0.1) is 0 Å². The highest BCUT2D eigenvalue weighted by Gasteiger charge is 2.20. The Morgan fingerprint density at radius 3 is 2.26 bits per heavy atom. The van der Waals surface area contributed by atoms with E-state index in [0.29, 0.717) is 12.3 Å². The number of hydrogen-bond donors (Lipinski definition) is 3. The van der Waals surface area contributed by atoms with Gasteiger partial charge in [0.15, 0.2) is 0 Å².